The molecule has 0 aromatic heterocycles. The second-order valence-corrected chi connectivity index (χ2v) is 13.7. The summed E-state index contributed by atoms with van der Waals surface area (Å²) in [6, 6.07) is 9.36. The van der Waals surface area contributed by atoms with Crippen molar-refractivity contribution in [2.75, 3.05) is 6.54 Å². The van der Waals surface area contributed by atoms with Gasteiger partial charge in [-0.25, -0.2) is 4.79 Å². The number of carboxylic acid groups (broad SMARTS) is 1. The molecule has 14 heteroatoms. The molecule has 52 heavy (non-hydrogen) atoms. The van der Waals surface area contributed by atoms with E-state index in [1.54, 1.807) is 49.4 Å². The van der Waals surface area contributed by atoms with Crippen molar-refractivity contribution in [2.45, 2.75) is 96.3 Å². The molecule has 278 valence electrons. The van der Waals surface area contributed by atoms with Crippen LogP contribution in [-0.4, -0.2) is 81.9 Å². The van der Waals surface area contributed by atoms with E-state index in [2.05, 4.69) is 21.3 Å². The lowest BCUT2D eigenvalue weighted by Crippen LogP contribution is -2.59. The van der Waals surface area contributed by atoms with Gasteiger partial charge in [0.2, 0.25) is 23.5 Å². The Morgan fingerprint density at radius 1 is 0.788 bits per heavy atom. The summed E-state index contributed by atoms with van der Waals surface area (Å²) in [4.78, 5) is 106. The SMILES string of the molecule is CCCC(NC(=O)[C@H](CC(C)C)NC(=O)[C@H](C1CCCCC1)N1C(=O)c2ccccc2C1=O)C(=O)C(=O)NCC(=O)N[C@H](C(=O)O)c1ccccc1. The fourth-order valence-corrected chi connectivity index (χ4v) is 6.79. The average molecular weight is 718 g/mol. The van der Waals surface area contributed by atoms with Gasteiger partial charge in [0.15, 0.2) is 6.04 Å². The topological polar surface area (TPSA) is 208 Å². The third-order valence-corrected chi connectivity index (χ3v) is 9.34. The molecule has 4 rings (SSSR count). The summed E-state index contributed by atoms with van der Waals surface area (Å²) in [7, 11) is 0. The van der Waals surface area contributed by atoms with Crippen molar-refractivity contribution in [2.24, 2.45) is 11.8 Å². The minimum Gasteiger partial charge on any atom is -0.479 e. The second-order valence-electron chi connectivity index (χ2n) is 13.7. The average Bonchev–Trinajstić information content (AvgIpc) is 3.38. The van der Waals surface area contributed by atoms with Gasteiger partial charge in [-0.15, -0.1) is 0 Å². The standard InChI is InChI=1S/C38H47N5O9/c1-4-13-27(32(45)35(48)39-21-29(44)42-30(38(51)52)23-14-7-5-8-15-23)40-33(46)28(20-22(2)3)41-34(47)31(24-16-9-6-10-17-24)43-36(49)25-18-11-12-19-26(25)37(43)50/h5,7-8,11-12,14-15,18-19,22,24,27-28,30-31H,4,6,9-10,13,16-17,20-21H2,1-3H3,(H,39,48)(H,40,46)(H,41,47)(H,42,44)(H,51,52)/t27?,28-,30-,31-/m0/s1. The van der Waals surface area contributed by atoms with Crippen molar-refractivity contribution < 1.29 is 43.5 Å². The normalized spacial score (nSPS) is 16.7. The van der Waals surface area contributed by atoms with Gasteiger partial charge in [-0.3, -0.25) is 38.5 Å². The van der Waals surface area contributed by atoms with Crippen LogP contribution in [0, 0.1) is 11.8 Å². The molecule has 2 aliphatic rings. The summed E-state index contributed by atoms with van der Waals surface area (Å²) in [6.07, 6.45) is 4.48. The van der Waals surface area contributed by atoms with E-state index in [1.807, 2.05) is 13.8 Å². The number of imide groups is 1. The van der Waals surface area contributed by atoms with E-state index in [9.17, 15) is 43.5 Å². The van der Waals surface area contributed by atoms with Crippen LogP contribution in [0.25, 0.3) is 0 Å². The molecular formula is C38H47N5O9. The summed E-state index contributed by atoms with van der Waals surface area (Å²) in [5.41, 5.74) is 0.743. The number of hydrogen-bond donors (Lipinski definition) is 5. The van der Waals surface area contributed by atoms with Crippen molar-refractivity contribution in [3.8, 4) is 0 Å². The lowest BCUT2D eigenvalue weighted by molar-refractivity contribution is -0.142. The Labute approximate surface area is 302 Å². The first kappa shape index (κ1) is 39.4. The molecule has 1 aliphatic heterocycles. The number of carbonyl (C=O) groups is 8. The number of fused-ring (bicyclic) bond motifs is 1. The van der Waals surface area contributed by atoms with E-state index in [1.165, 1.54) is 12.1 Å². The number of nitrogens with one attached hydrogen (secondary N) is 4. The fraction of sp³-hybridized carbons (Fsp3) is 0.474. The number of Topliss-reactive ketones (excluding diaryl/α,β-unsaturated/α-hetero) is 1. The van der Waals surface area contributed by atoms with Gasteiger partial charge in [0.05, 0.1) is 23.7 Å². The van der Waals surface area contributed by atoms with Crippen LogP contribution in [-0.2, 0) is 28.8 Å². The highest BCUT2D eigenvalue weighted by atomic mass is 16.4. The van der Waals surface area contributed by atoms with E-state index in [0.717, 1.165) is 24.2 Å². The molecule has 1 unspecified atom stereocenters. The van der Waals surface area contributed by atoms with E-state index < -0.39 is 77.9 Å². The molecule has 1 saturated carbocycles. The van der Waals surface area contributed by atoms with Gasteiger partial charge in [-0.05, 0) is 55.2 Å². The molecule has 1 aliphatic carbocycles. The molecule has 1 fully saturated rings. The van der Waals surface area contributed by atoms with Gasteiger partial charge in [0.25, 0.3) is 17.7 Å². The maximum Gasteiger partial charge on any atom is 0.330 e. The number of aliphatic carboxylic acids is 1. The molecule has 2 aromatic carbocycles. The molecule has 2 aromatic rings. The Balaban J connectivity index is 1.45. The van der Waals surface area contributed by atoms with Crippen LogP contribution in [0.2, 0.25) is 0 Å². The van der Waals surface area contributed by atoms with Gasteiger partial charge >= 0.3 is 5.97 Å². The highest BCUT2D eigenvalue weighted by Crippen LogP contribution is 2.34. The van der Waals surface area contributed by atoms with Crippen molar-refractivity contribution in [3.05, 3.63) is 71.3 Å². The van der Waals surface area contributed by atoms with Gasteiger partial charge in [0.1, 0.15) is 12.1 Å². The third-order valence-electron chi connectivity index (χ3n) is 9.34. The van der Waals surface area contributed by atoms with Crippen LogP contribution in [0.4, 0.5) is 0 Å². The maximum absolute atomic E-state index is 14.1. The van der Waals surface area contributed by atoms with Crippen molar-refractivity contribution in [1.82, 2.24) is 26.2 Å². The molecule has 0 radical (unpaired) electrons. The van der Waals surface area contributed by atoms with Crippen LogP contribution < -0.4 is 21.3 Å². The highest BCUT2D eigenvalue weighted by molar-refractivity contribution is 6.38. The minimum absolute atomic E-state index is 0.0708. The number of carboxylic acids is 1. The smallest absolute Gasteiger partial charge is 0.330 e. The zero-order valence-corrected chi connectivity index (χ0v) is 29.7. The number of nitrogens with zero attached hydrogens (tertiary/aromatic N) is 1. The molecule has 0 bridgehead atoms. The van der Waals surface area contributed by atoms with Crippen LogP contribution in [0.1, 0.15) is 104 Å². The van der Waals surface area contributed by atoms with E-state index in [4.69, 9.17) is 0 Å². The highest BCUT2D eigenvalue weighted by Gasteiger charge is 2.47. The quantitative estimate of drug-likeness (QED) is 0.120. The van der Waals surface area contributed by atoms with Gasteiger partial charge in [-0.2, -0.15) is 0 Å². The maximum atomic E-state index is 14.1. The molecule has 1 heterocycles. The monoisotopic (exact) mass is 717 g/mol. The largest absolute Gasteiger partial charge is 0.479 e. The Bertz CT molecular complexity index is 1640. The molecule has 0 spiro atoms. The summed E-state index contributed by atoms with van der Waals surface area (Å²) in [6.45, 7) is 4.74. The van der Waals surface area contributed by atoms with E-state index in [-0.39, 0.29) is 35.8 Å². The second kappa shape index (κ2) is 18.2. The number of ketones is 1. The zero-order chi connectivity index (χ0) is 37.9. The molecule has 4 atom stereocenters. The summed E-state index contributed by atoms with van der Waals surface area (Å²) >= 11 is 0. The first-order valence-electron chi connectivity index (χ1n) is 17.8. The van der Waals surface area contributed by atoms with E-state index >= 15 is 0 Å². The van der Waals surface area contributed by atoms with Crippen LogP contribution >= 0.6 is 0 Å². The lowest BCUT2D eigenvalue weighted by atomic mass is 9.82. The van der Waals surface area contributed by atoms with Crippen LogP contribution in [0.5, 0.6) is 0 Å². The lowest BCUT2D eigenvalue weighted by Gasteiger charge is -2.35. The first-order chi connectivity index (χ1) is 24.8. The summed E-state index contributed by atoms with van der Waals surface area (Å²) in [5, 5.41) is 19.4. The van der Waals surface area contributed by atoms with Crippen molar-refractivity contribution in [3.63, 3.8) is 0 Å². The van der Waals surface area contributed by atoms with Gasteiger partial charge < -0.3 is 26.4 Å². The molecule has 6 amide bonds. The van der Waals surface area contributed by atoms with Gasteiger partial charge in [0, 0.05) is 0 Å². The number of amides is 6. The predicted octanol–water partition coefficient (Wildman–Crippen LogP) is 2.67. The van der Waals surface area contributed by atoms with Gasteiger partial charge in [-0.1, -0.05) is 88.9 Å². The van der Waals surface area contributed by atoms with Crippen LogP contribution in [0.3, 0.4) is 0 Å². The minimum atomic E-state index is -1.38. The van der Waals surface area contributed by atoms with Crippen molar-refractivity contribution >= 4 is 47.2 Å². The Morgan fingerprint density at radius 2 is 1.37 bits per heavy atom. The number of benzene rings is 2. The number of carbonyl (C=O) groups excluding carboxylic acids is 7. The molecule has 14 nitrogen and oxygen atoms in total. The molecule has 5 N–H and O–H groups in total. The molecular weight excluding hydrogens is 670 g/mol. The molecule has 0 saturated heterocycles. The summed E-state index contributed by atoms with van der Waals surface area (Å²) < 4.78 is 0. The zero-order valence-electron chi connectivity index (χ0n) is 29.7. The third kappa shape index (κ3) is 9.68. The van der Waals surface area contributed by atoms with Crippen LogP contribution in [0.15, 0.2) is 54.6 Å². The Kier molecular flexibility index (Phi) is 13.8. The number of hydrogen-bond acceptors (Lipinski definition) is 8. The predicted molar refractivity (Wildman–Crippen MR) is 189 cm³/mol. The Morgan fingerprint density at radius 3 is 1.92 bits per heavy atom. The fourth-order valence-electron chi connectivity index (χ4n) is 6.79. The summed E-state index contributed by atoms with van der Waals surface area (Å²) in [5.74, 6) is -7.27. The first-order valence-corrected chi connectivity index (χ1v) is 17.8. The van der Waals surface area contributed by atoms with E-state index in [0.29, 0.717) is 24.8 Å². The number of rotatable bonds is 17. The Hall–Kier alpha value is -5.40. The van der Waals surface area contributed by atoms with Crippen molar-refractivity contribution in [1.29, 1.82) is 0 Å².